The van der Waals surface area contributed by atoms with E-state index in [1.165, 1.54) is 6.07 Å². The van der Waals surface area contributed by atoms with Crippen molar-refractivity contribution in [3.8, 4) is 11.5 Å². The van der Waals surface area contributed by atoms with Crippen LogP contribution in [0.2, 0.25) is 0 Å². The van der Waals surface area contributed by atoms with Crippen molar-refractivity contribution in [1.29, 1.82) is 0 Å². The fourth-order valence-electron chi connectivity index (χ4n) is 2.26. The van der Waals surface area contributed by atoms with E-state index in [4.69, 9.17) is 9.47 Å². The topological polar surface area (TPSA) is 93.7 Å². The molecule has 2 rings (SSSR count). The third-order valence-corrected chi connectivity index (χ3v) is 3.98. The van der Waals surface area contributed by atoms with E-state index in [1.54, 1.807) is 50.6 Å². The van der Waals surface area contributed by atoms with Crippen LogP contribution in [0.25, 0.3) is 0 Å². The Balaban J connectivity index is 2.19. The number of nitrogens with one attached hydrogen (secondary N) is 2. The lowest BCUT2D eigenvalue weighted by molar-refractivity contribution is 0.0951. The molecular formula is C17H20N2O5S. The smallest absolute Gasteiger partial charge is 0.253 e. The lowest BCUT2D eigenvalue weighted by Crippen LogP contribution is -2.25. The second kappa shape index (κ2) is 7.89. The normalized spacial score (nSPS) is 10.8. The molecule has 7 nitrogen and oxygen atoms in total. The Hall–Kier alpha value is -2.74. The van der Waals surface area contributed by atoms with E-state index in [0.717, 1.165) is 11.8 Å². The Morgan fingerprint density at radius 3 is 2.44 bits per heavy atom. The molecule has 0 heterocycles. The quantitative estimate of drug-likeness (QED) is 0.784. The predicted octanol–water partition coefficient (Wildman–Crippen LogP) is 2.01. The van der Waals surface area contributed by atoms with Gasteiger partial charge in [-0.1, -0.05) is 12.1 Å². The number of para-hydroxylation sites is 1. The minimum Gasteiger partial charge on any atom is -0.497 e. The van der Waals surface area contributed by atoms with Gasteiger partial charge in [-0.25, -0.2) is 8.42 Å². The van der Waals surface area contributed by atoms with Crippen LogP contribution >= 0.6 is 0 Å². The van der Waals surface area contributed by atoms with Gasteiger partial charge in [0.05, 0.1) is 31.7 Å². The predicted molar refractivity (Wildman–Crippen MR) is 95.6 cm³/mol. The summed E-state index contributed by atoms with van der Waals surface area (Å²) in [5.41, 5.74) is 1.19. The zero-order valence-corrected chi connectivity index (χ0v) is 15.0. The molecule has 0 radical (unpaired) electrons. The summed E-state index contributed by atoms with van der Waals surface area (Å²) in [7, 11) is -0.394. The van der Waals surface area contributed by atoms with Crippen molar-refractivity contribution in [2.24, 2.45) is 0 Å². The first-order valence-corrected chi connectivity index (χ1v) is 9.29. The molecule has 0 aliphatic rings. The van der Waals surface area contributed by atoms with Gasteiger partial charge in [0.15, 0.2) is 0 Å². The van der Waals surface area contributed by atoms with Crippen LogP contribution in [-0.2, 0) is 16.6 Å². The number of methoxy groups -OCH3 is 2. The van der Waals surface area contributed by atoms with Crippen molar-refractivity contribution >= 4 is 21.6 Å². The lowest BCUT2D eigenvalue weighted by atomic mass is 10.1. The maximum atomic E-state index is 12.5. The molecule has 0 aliphatic carbocycles. The number of carbonyl (C=O) groups is 1. The van der Waals surface area contributed by atoms with Gasteiger partial charge in [0.2, 0.25) is 10.0 Å². The third kappa shape index (κ3) is 5.12. The maximum absolute atomic E-state index is 12.5. The van der Waals surface area contributed by atoms with Crippen LogP contribution in [0.5, 0.6) is 11.5 Å². The standard InChI is InChI=1S/C17H20N2O5S/c1-23-13-8-9-16(24-2)12(10-13)11-18-17(20)14-6-4-5-7-15(14)19-25(3,21)22/h4-10,19H,11H2,1-3H3,(H,18,20). The molecule has 0 fully saturated rings. The Morgan fingerprint density at radius 1 is 1.08 bits per heavy atom. The molecule has 1 amide bonds. The number of sulfonamides is 1. The second-order valence-corrected chi connectivity index (χ2v) is 7.03. The summed E-state index contributed by atoms with van der Waals surface area (Å²) in [5, 5.41) is 2.76. The molecule has 2 aromatic rings. The van der Waals surface area contributed by atoms with Crippen LogP contribution in [0, 0.1) is 0 Å². The molecular weight excluding hydrogens is 344 g/mol. The molecule has 25 heavy (non-hydrogen) atoms. The molecule has 0 saturated heterocycles. The number of amides is 1. The molecule has 134 valence electrons. The Labute approximate surface area is 147 Å². The van der Waals surface area contributed by atoms with Crippen LogP contribution in [0.3, 0.4) is 0 Å². The van der Waals surface area contributed by atoms with Gasteiger partial charge in [-0.2, -0.15) is 0 Å². The summed E-state index contributed by atoms with van der Waals surface area (Å²) in [4.78, 5) is 12.5. The fraction of sp³-hybridized carbons (Fsp3) is 0.235. The third-order valence-electron chi connectivity index (χ3n) is 3.39. The van der Waals surface area contributed by atoms with Crippen LogP contribution in [-0.4, -0.2) is 34.8 Å². The number of ether oxygens (including phenoxy) is 2. The average Bonchev–Trinajstić information content (AvgIpc) is 2.58. The molecule has 2 N–H and O–H groups in total. The highest BCUT2D eigenvalue weighted by atomic mass is 32.2. The van der Waals surface area contributed by atoms with Crippen LogP contribution in [0.4, 0.5) is 5.69 Å². The van der Waals surface area contributed by atoms with Gasteiger partial charge < -0.3 is 14.8 Å². The second-order valence-electron chi connectivity index (χ2n) is 5.28. The van der Waals surface area contributed by atoms with Crippen molar-refractivity contribution in [3.05, 3.63) is 53.6 Å². The van der Waals surface area contributed by atoms with Gasteiger partial charge in [0.1, 0.15) is 11.5 Å². The van der Waals surface area contributed by atoms with Crippen molar-refractivity contribution in [3.63, 3.8) is 0 Å². The molecule has 0 spiro atoms. The Bertz CT molecular complexity index is 865. The van der Waals surface area contributed by atoms with Crippen molar-refractivity contribution in [1.82, 2.24) is 5.32 Å². The van der Waals surface area contributed by atoms with Crippen LogP contribution < -0.4 is 19.5 Å². The van der Waals surface area contributed by atoms with E-state index in [-0.39, 0.29) is 17.8 Å². The summed E-state index contributed by atoms with van der Waals surface area (Å²) >= 11 is 0. The molecule has 0 saturated carbocycles. The first kappa shape index (κ1) is 18.6. The number of hydrogen-bond donors (Lipinski definition) is 2. The zero-order valence-electron chi connectivity index (χ0n) is 14.2. The first-order chi connectivity index (χ1) is 11.8. The average molecular weight is 364 g/mol. The SMILES string of the molecule is COc1ccc(OC)c(CNC(=O)c2ccccc2NS(C)(=O)=O)c1. The number of anilines is 1. The van der Waals surface area contributed by atoms with Crippen molar-refractivity contribution < 1.29 is 22.7 Å². The summed E-state index contributed by atoms with van der Waals surface area (Å²) < 4.78 is 35.7. The molecule has 0 aliphatic heterocycles. The number of hydrogen-bond acceptors (Lipinski definition) is 5. The summed E-state index contributed by atoms with van der Waals surface area (Å²) in [5.74, 6) is 0.851. The fourth-order valence-corrected chi connectivity index (χ4v) is 2.84. The van der Waals surface area contributed by atoms with E-state index in [0.29, 0.717) is 11.5 Å². The van der Waals surface area contributed by atoms with E-state index in [9.17, 15) is 13.2 Å². The van der Waals surface area contributed by atoms with E-state index < -0.39 is 15.9 Å². The molecule has 2 aromatic carbocycles. The highest BCUT2D eigenvalue weighted by Crippen LogP contribution is 2.24. The monoisotopic (exact) mass is 364 g/mol. The van der Waals surface area contributed by atoms with Crippen LogP contribution in [0.1, 0.15) is 15.9 Å². The highest BCUT2D eigenvalue weighted by molar-refractivity contribution is 7.92. The largest absolute Gasteiger partial charge is 0.497 e. The summed E-state index contributed by atoms with van der Waals surface area (Å²) in [6.45, 7) is 0.201. The Morgan fingerprint density at radius 2 is 1.80 bits per heavy atom. The molecule has 0 atom stereocenters. The molecule has 0 bridgehead atoms. The van der Waals surface area contributed by atoms with Crippen molar-refractivity contribution in [2.75, 3.05) is 25.2 Å². The summed E-state index contributed by atoms with van der Waals surface area (Å²) in [6, 6.07) is 11.7. The molecule has 0 unspecified atom stereocenters. The number of benzene rings is 2. The minimum atomic E-state index is -3.49. The van der Waals surface area contributed by atoms with Gasteiger partial charge in [0, 0.05) is 12.1 Å². The van der Waals surface area contributed by atoms with Gasteiger partial charge in [-0.15, -0.1) is 0 Å². The zero-order chi connectivity index (χ0) is 18.4. The van der Waals surface area contributed by atoms with Gasteiger partial charge in [-0.3, -0.25) is 9.52 Å². The number of carbonyl (C=O) groups excluding carboxylic acids is 1. The van der Waals surface area contributed by atoms with E-state index in [2.05, 4.69) is 10.0 Å². The van der Waals surface area contributed by atoms with E-state index in [1.807, 2.05) is 0 Å². The van der Waals surface area contributed by atoms with Gasteiger partial charge in [0.25, 0.3) is 5.91 Å². The highest BCUT2D eigenvalue weighted by Gasteiger charge is 2.14. The molecule has 0 aromatic heterocycles. The summed E-state index contributed by atoms with van der Waals surface area (Å²) in [6.07, 6.45) is 1.03. The Kier molecular flexibility index (Phi) is 5.87. The van der Waals surface area contributed by atoms with Crippen molar-refractivity contribution in [2.45, 2.75) is 6.54 Å². The maximum Gasteiger partial charge on any atom is 0.253 e. The van der Waals surface area contributed by atoms with Crippen LogP contribution in [0.15, 0.2) is 42.5 Å². The lowest BCUT2D eigenvalue weighted by Gasteiger charge is -2.13. The number of rotatable bonds is 7. The minimum absolute atomic E-state index is 0.201. The molecule has 8 heteroatoms. The van der Waals surface area contributed by atoms with Gasteiger partial charge in [-0.05, 0) is 30.3 Å². The van der Waals surface area contributed by atoms with E-state index >= 15 is 0 Å². The van der Waals surface area contributed by atoms with Gasteiger partial charge >= 0.3 is 0 Å². The first-order valence-electron chi connectivity index (χ1n) is 7.40.